The van der Waals surface area contributed by atoms with E-state index in [2.05, 4.69) is 34.4 Å². The highest BCUT2D eigenvalue weighted by atomic mass is 32.2. The Morgan fingerprint density at radius 1 is 1.23 bits per heavy atom. The molecule has 0 bridgehead atoms. The topological polar surface area (TPSA) is 81.0 Å². The molecule has 4 rings (SSSR count). The summed E-state index contributed by atoms with van der Waals surface area (Å²) in [6.07, 6.45) is 5.22. The number of hydrogen-bond acceptors (Lipinski definition) is 6. The maximum absolute atomic E-state index is 11.6. The predicted molar refractivity (Wildman–Crippen MR) is 98.8 cm³/mol. The normalized spacial score (nSPS) is 25.7. The van der Waals surface area contributed by atoms with Gasteiger partial charge in [0, 0.05) is 25.3 Å². The number of aromatic nitrogens is 4. The van der Waals surface area contributed by atoms with E-state index in [9.17, 15) is 8.42 Å². The van der Waals surface area contributed by atoms with Crippen LogP contribution in [-0.2, 0) is 16.4 Å². The van der Waals surface area contributed by atoms with E-state index >= 15 is 0 Å². The first-order valence-electron chi connectivity index (χ1n) is 9.15. The van der Waals surface area contributed by atoms with Crippen molar-refractivity contribution < 1.29 is 8.42 Å². The molecule has 3 atom stereocenters. The fourth-order valence-electron chi connectivity index (χ4n) is 4.47. The third-order valence-corrected chi connectivity index (χ3v) is 7.09. The molecule has 3 unspecified atom stereocenters. The van der Waals surface area contributed by atoms with Gasteiger partial charge in [-0.3, -0.25) is 0 Å². The molecule has 0 aliphatic heterocycles. The molecule has 0 radical (unpaired) electrons. The van der Waals surface area contributed by atoms with E-state index in [4.69, 9.17) is 0 Å². The van der Waals surface area contributed by atoms with Crippen LogP contribution in [0, 0.1) is 11.8 Å². The lowest BCUT2D eigenvalue weighted by atomic mass is 10.0. The van der Waals surface area contributed by atoms with Gasteiger partial charge in [0.15, 0.2) is 9.84 Å². The molecule has 1 aromatic heterocycles. The van der Waals surface area contributed by atoms with Crippen LogP contribution in [0.5, 0.6) is 0 Å². The van der Waals surface area contributed by atoms with Crippen molar-refractivity contribution in [2.24, 2.45) is 11.8 Å². The van der Waals surface area contributed by atoms with E-state index in [0.29, 0.717) is 17.5 Å². The molecular formula is C18H25N5O2S. The first-order valence-corrected chi connectivity index (χ1v) is 11.0. The Bertz CT molecular complexity index is 883. The average Bonchev–Trinajstić information content (AvgIpc) is 2.95. The molecule has 2 saturated carbocycles. The van der Waals surface area contributed by atoms with Crippen molar-refractivity contribution in [3.63, 3.8) is 0 Å². The van der Waals surface area contributed by atoms with Gasteiger partial charge in [0.05, 0.1) is 11.4 Å². The predicted octanol–water partition coefficient (Wildman–Crippen LogP) is 2.11. The van der Waals surface area contributed by atoms with Crippen LogP contribution in [-0.4, -0.2) is 48.0 Å². The molecule has 2 aromatic rings. The van der Waals surface area contributed by atoms with Crippen LogP contribution in [0.1, 0.15) is 37.7 Å². The molecule has 0 amide bonds. The number of sulfone groups is 1. The van der Waals surface area contributed by atoms with Gasteiger partial charge in [-0.15, -0.1) is 0 Å². The molecule has 2 aliphatic rings. The van der Waals surface area contributed by atoms with Gasteiger partial charge in [-0.2, -0.15) is 0 Å². The highest BCUT2D eigenvalue weighted by molar-refractivity contribution is 7.90. The number of hydrogen-bond donors (Lipinski definition) is 0. The van der Waals surface area contributed by atoms with Gasteiger partial charge in [0.2, 0.25) is 5.95 Å². The Kier molecular flexibility index (Phi) is 4.25. The van der Waals surface area contributed by atoms with Crippen molar-refractivity contribution in [3.8, 4) is 0 Å². The standard InChI is InChI=1S/C18H25N5O2S/c1-12(13-7-9-14(10-8-13)26(3,24)25)11-23-18(19-20-21-23)22(2)17-15-5-4-6-16(15)17/h7-10,12,15-17H,4-6,11H2,1-3H3. The third kappa shape index (κ3) is 3.11. The van der Waals surface area contributed by atoms with Gasteiger partial charge >= 0.3 is 0 Å². The lowest BCUT2D eigenvalue weighted by molar-refractivity contribution is 0.518. The number of nitrogens with zero attached hydrogens (tertiary/aromatic N) is 5. The summed E-state index contributed by atoms with van der Waals surface area (Å²) < 4.78 is 25.1. The van der Waals surface area contributed by atoms with Crippen LogP contribution >= 0.6 is 0 Å². The summed E-state index contributed by atoms with van der Waals surface area (Å²) in [5.74, 6) is 2.62. The number of rotatable bonds is 6. The van der Waals surface area contributed by atoms with Crippen molar-refractivity contribution in [3.05, 3.63) is 29.8 Å². The maximum Gasteiger partial charge on any atom is 0.245 e. The van der Waals surface area contributed by atoms with E-state index < -0.39 is 9.84 Å². The van der Waals surface area contributed by atoms with E-state index in [1.165, 1.54) is 25.5 Å². The molecule has 26 heavy (non-hydrogen) atoms. The van der Waals surface area contributed by atoms with Crippen LogP contribution in [0.2, 0.25) is 0 Å². The highest BCUT2D eigenvalue weighted by Gasteiger charge is 2.55. The summed E-state index contributed by atoms with van der Waals surface area (Å²) in [5.41, 5.74) is 1.07. The quantitative estimate of drug-likeness (QED) is 0.769. The first-order chi connectivity index (χ1) is 12.4. The summed E-state index contributed by atoms with van der Waals surface area (Å²) in [6.45, 7) is 2.76. The highest BCUT2D eigenvalue weighted by Crippen LogP contribution is 2.54. The van der Waals surface area contributed by atoms with E-state index in [0.717, 1.165) is 23.3 Å². The first kappa shape index (κ1) is 17.5. The van der Waals surface area contributed by atoms with Gasteiger partial charge in [0.25, 0.3) is 0 Å². The van der Waals surface area contributed by atoms with Crippen LogP contribution in [0.4, 0.5) is 5.95 Å². The minimum absolute atomic E-state index is 0.179. The lowest BCUT2D eigenvalue weighted by Crippen LogP contribution is -2.28. The Balaban J connectivity index is 1.47. The number of anilines is 1. The van der Waals surface area contributed by atoms with Crippen LogP contribution < -0.4 is 4.90 Å². The molecule has 8 heteroatoms. The second-order valence-corrected chi connectivity index (χ2v) is 9.78. The monoisotopic (exact) mass is 375 g/mol. The largest absolute Gasteiger partial charge is 0.339 e. The zero-order chi connectivity index (χ0) is 18.5. The van der Waals surface area contributed by atoms with Gasteiger partial charge in [-0.1, -0.05) is 30.6 Å². The fourth-order valence-corrected chi connectivity index (χ4v) is 5.10. The van der Waals surface area contributed by atoms with E-state index in [1.807, 2.05) is 16.8 Å². The second-order valence-electron chi connectivity index (χ2n) is 7.76. The molecule has 0 saturated heterocycles. The SMILES string of the molecule is CC(Cn1nnnc1N(C)C1C2CCCC21)c1ccc(S(C)(=O)=O)cc1. The number of tetrazole rings is 1. The Labute approximate surface area is 154 Å². The zero-order valence-corrected chi connectivity index (χ0v) is 16.2. The number of fused-ring (bicyclic) bond motifs is 1. The second kappa shape index (κ2) is 6.33. The van der Waals surface area contributed by atoms with E-state index in [1.54, 1.807) is 12.1 Å². The van der Waals surface area contributed by atoms with Crippen molar-refractivity contribution in [2.75, 3.05) is 18.2 Å². The molecule has 2 fully saturated rings. The fraction of sp³-hybridized carbons (Fsp3) is 0.611. The summed E-state index contributed by atoms with van der Waals surface area (Å²) in [7, 11) is -1.07. The van der Waals surface area contributed by atoms with Crippen molar-refractivity contribution >= 4 is 15.8 Å². The van der Waals surface area contributed by atoms with Crippen molar-refractivity contribution in [1.82, 2.24) is 20.2 Å². The van der Waals surface area contributed by atoms with Crippen molar-refractivity contribution in [1.29, 1.82) is 0 Å². The molecule has 0 spiro atoms. The summed E-state index contributed by atoms with van der Waals surface area (Å²) in [4.78, 5) is 2.59. The third-order valence-electron chi connectivity index (χ3n) is 5.96. The van der Waals surface area contributed by atoms with Crippen LogP contribution in [0.15, 0.2) is 29.2 Å². The molecule has 1 heterocycles. The van der Waals surface area contributed by atoms with Gasteiger partial charge in [-0.25, -0.2) is 13.1 Å². The zero-order valence-electron chi connectivity index (χ0n) is 15.4. The average molecular weight is 375 g/mol. The minimum Gasteiger partial charge on any atom is -0.339 e. The Morgan fingerprint density at radius 2 is 1.88 bits per heavy atom. The maximum atomic E-state index is 11.6. The summed E-state index contributed by atoms with van der Waals surface area (Å²) in [6, 6.07) is 7.66. The smallest absolute Gasteiger partial charge is 0.245 e. The molecule has 2 aliphatic carbocycles. The molecule has 140 valence electrons. The van der Waals surface area contributed by atoms with E-state index in [-0.39, 0.29) is 5.92 Å². The van der Waals surface area contributed by atoms with Crippen LogP contribution in [0.3, 0.4) is 0 Å². The summed E-state index contributed by atoms with van der Waals surface area (Å²) >= 11 is 0. The molecule has 1 aromatic carbocycles. The molecule has 0 N–H and O–H groups in total. The molecular weight excluding hydrogens is 350 g/mol. The van der Waals surface area contributed by atoms with Gasteiger partial charge < -0.3 is 4.90 Å². The summed E-state index contributed by atoms with van der Waals surface area (Å²) in [5, 5.41) is 12.3. The molecule has 7 nitrogen and oxygen atoms in total. The Morgan fingerprint density at radius 3 is 2.50 bits per heavy atom. The minimum atomic E-state index is -3.17. The lowest BCUT2D eigenvalue weighted by Gasteiger charge is -2.21. The van der Waals surface area contributed by atoms with Gasteiger partial charge in [-0.05, 0) is 52.8 Å². The van der Waals surface area contributed by atoms with Crippen molar-refractivity contribution in [2.45, 2.75) is 49.6 Å². The Hall–Kier alpha value is -1.96. The number of benzene rings is 1. The van der Waals surface area contributed by atoms with Crippen LogP contribution in [0.25, 0.3) is 0 Å². The van der Waals surface area contributed by atoms with Gasteiger partial charge in [0.1, 0.15) is 0 Å².